The van der Waals surface area contributed by atoms with Crippen LogP contribution in [0.4, 0.5) is 5.69 Å². The first-order valence-corrected chi connectivity index (χ1v) is 13.8. The zero-order chi connectivity index (χ0) is 24.8. The van der Waals surface area contributed by atoms with Gasteiger partial charge in [-0.2, -0.15) is 0 Å². The van der Waals surface area contributed by atoms with Crippen LogP contribution in [0.15, 0.2) is 50.8 Å². The number of hydrogen-bond acceptors (Lipinski definition) is 7. The zero-order valence-corrected chi connectivity index (χ0v) is 21.7. The lowest BCUT2D eigenvalue weighted by Gasteiger charge is -2.13. The maximum absolute atomic E-state index is 13.3. The van der Waals surface area contributed by atoms with Gasteiger partial charge in [0.1, 0.15) is 21.7 Å². The first-order valence-electron chi connectivity index (χ1n) is 12.0. The number of carbonyl (C=O) groups excluding carboxylic acids is 1. The first-order chi connectivity index (χ1) is 17.6. The third kappa shape index (κ3) is 3.87. The largest absolute Gasteiger partial charge is 0.495 e. The third-order valence-electron chi connectivity index (χ3n) is 6.66. The molecule has 3 heterocycles. The van der Waals surface area contributed by atoms with Gasteiger partial charge in [0.05, 0.1) is 23.9 Å². The van der Waals surface area contributed by atoms with Crippen molar-refractivity contribution in [2.45, 2.75) is 44.3 Å². The number of furan rings is 1. The molecule has 0 bridgehead atoms. The molecule has 0 saturated heterocycles. The zero-order valence-electron chi connectivity index (χ0n) is 20.1. The molecule has 0 aliphatic heterocycles. The Labute approximate surface area is 215 Å². The van der Waals surface area contributed by atoms with Crippen LogP contribution in [0.1, 0.15) is 30.2 Å². The highest BCUT2D eigenvalue weighted by Gasteiger charge is 2.22. The normalized spacial score (nSPS) is 13.4. The van der Waals surface area contributed by atoms with Gasteiger partial charge in [-0.3, -0.25) is 14.2 Å². The number of ether oxygens (including phenoxy) is 1. The quantitative estimate of drug-likeness (QED) is 0.219. The molecule has 184 valence electrons. The van der Waals surface area contributed by atoms with E-state index < -0.39 is 0 Å². The van der Waals surface area contributed by atoms with Crippen LogP contribution in [-0.2, 0) is 24.2 Å². The van der Waals surface area contributed by atoms with E-state index >= 15 is 0 Å². The predicted octanol–water partition coefficient (Wildman–Crippen LogP) is 6.00. The maximum atomic E-state index is 13.3. The molecule has 1 aliphatic carbocycles. The number of aryl methyl sites for hydroxylation is 2. The average molecular weight is 520 g/mol. The number of nitrogens with one attached hydrogen (secondary N) is 1. The number of aromatic nitrogens is 2. The summed E-state index contributed by atoms with van der Waals surface area (Å²) in [5.41, 5.74) is 3.18. The molecule has 9 heteroatoms. The number of para-hydroxylation sites is 1. The van der Waals surface area contributed by atoms with E-state index in [-0.39, 0.29) is 17.2 Å². The number of rotatable bonds is 6. The van der Waals surface area contributed by atoms with Crippen LogP contribution in [0.3, 0.4) is 0 Å². The first kappa shape index (κ1) is 23.1. The molecule has 0 radical (unpaired) electrons. The fourth-order valence-corrected chi connectivity index (χ4v) is 7.11. The summed E-state index contributed by atoms with van der Waals surface area (Å²) in [6.07, 6.45) is 4.24. The molecule has 6 rings (SSSR count). The van der Waals surface area contributed by atoms with E-state index in [2.05, 4.69) is 5.32 Å². The van der Waals surface area contributed by atoms with Gasteiger partial charge in [0, 0.05) is 28.3 Å². The molecule has 5 aromatic rings. The van der Waals surface area contributed by atoms with Gasteiger partial charge in [0.15, 0.2) is 5.16 Å². The second-order valence-corrected chi connectivity index (χ2v) is 10.8. The molecule has 1 N–H and O–H groups in total. The smallest absolute Gasteiger partial charge is 0.263 e. The highest BCUT2D eigenvalue weighted by Crippen LogP contribution is 2.37. The van der Waals surface area contributed by atoms with Gasteiger partial charge in [-0.25, -0.2) is 4.98 Å². The SMILES string of the molecule is CCn1c(SCC(=O)Nc2cc3oc4ccccc4c3cc2OC)nc2sc3c(c2c1=O)CCCC3. The molecule has 1 aliphatic rings. The van der Waals surface area contributed by atoms with Crippen LogP contribution in [0, 0.1) is 0 Å². The topological polar surface area (TPSA) is 86.4 Å². The molecule has 0 spiro atoms. The lowest BCUT2D eigenvalue weighted by molar-refractivity contribution is -0.113. The number of nitrogens with zero attached hydrogens (tertiary/aromatic N) is 2. The Balaban J connectivity index is 1.26. The van der Waals surface area contributed by atoms with Crippen molar-refractivity contribution < 1.29 is 13.9 Å². The fraction of sp³-hybridized carbons (Fsp3) is 0.296. The summed E-state index contributed by atoms with van der Waals surface area (Å²) in [7, 11) is 1.58. The summed E-state index contributed by atoms with van der Waals surface area (Å²) in [5, 5.41) is 6.21. The summed E-state index contributed by atoms with van der Waals surface area (Å²) in [4.78, 5) is 33.1. The van der Waals surface area contributed by atoms with Gasteiger partial charge in [0.2, 0.25) is 5.91 Å². The van der Waals surface area contributed by atoms with Gasteiger partial charge < -0.3 is 14.5 Å². The van der Waals surface area contributed by atoms with Crippen LogP contribution < -0.4 is 15.6 Å². The minimum absolute atomic E-state index is 0.00168. The van der Waals surface area contributed by atoms with Crippen molar-refractivity contribution in [1.82, 2.24) is 9.55 Å². The molecule has 0 atom stereocenters. The Kier molecular flexibility index (Phi) is 5.97. The summed E-state index contributed by atoms with van der Waals surface area (Å²) in [6, 6.07) is 11.5. The summed E-state index contributed by atoms with van der Waals surface area (Å²) < 4.78 is 13.2. The summed E-state index contributed by atoms with van der Waals surface area (Å²) >= 11 is 2.90. The highest BCUT2D eigenvalue weighted by molar-refractivity contribution is 7.99. The van der Waals surface area contributed by atoms with Crippen molar-refractivity contribution in [1.29, 1.82) is 0 Å². The number of fused-ring (bicyclic) bond motifs is 6. The number of benzene rings is 2. The minimum Gasteiger partial charge on any atom is -0.495 e. The molecule has 36 heavy (non-hydrogen) atoms. The van der Waals surface area contributed by atoms with Crippen LogP contribution in [-0.4, -0.2) is 28.3 Å². The summed E-state index contributed by atoms with van der Waals surface area (Å²) in [5.74, 6) is 0.461. The Bertz CT molecular complexity index is 1700. The Morgan fingerprint density at radius 3 is 2.86 bits per heavy atom. The van der Waals surface area contributed by atoms with E-state index in [1.54, 1.807) is 29.1 Å². The van der Waals surface area contributed by atoms with Crippen molar-refractivity contribution >= 4 is 66.8 Å². The van der Waals surface area contributed by atoms with Crippen LogP contribution in [0.5, 0.6) is 5.75 Å². The molecule has 1 amide bonds. The standard InChI is InChI=1S/C27H25N3O4S2/c1-3-30-26(32)24-16-9-5-7-11-22(16)36-25(24)29-27(30)35-14-23(31)28-18-13-20-17(12-21(18)33-2)15-8-4-6-10-19(15)34-20/h4,6,8,10,12-13H,3,5,7,9,11,14H2,1-2H3,(H,28,31). The van der Waals surface area contributed by atoms with Gasteiger partial charge in [-0.1, -0.05) is 30.0 Å². The number of methoxy groups -OCH3 is 1. The van der Waals surface area contributed by atoms with E-state index in [1.807, 2.05) is 37.3 Å². The number of carbonyl (C=O) groups is 1. The van der Waals surface area contributed by atoms with Crippen LogP contribution in [0.2, 0.25) is 0 Å². The number of thiophene rings is 1. The van der Waals surface area contributed by atoms with Gasteiger partial charge >= 0.3 is 0 Å². The predicted molar refractivity (Wildman–Crippen MR) is 146 cm³/mol. The number of hydrogen-bond donors (Lipinski definition) is 1. The van der Waals surface area contributed by atoms with Crippen molar-refractivity contribution in [2.75, 3.05) is 18.2 Å². The fourth-order valence-electron chi connectivity index (χ4n) is 4.94. The lowest BCUT2D eigenvalue weighted by atomic mass is 9.97. The van der Waals surface area contributed by atoms with Crippen LogP contribution in [0.25, 0.3) is 32.2 Å². The van der Waals surface area contributed by atoms with E-state index in [9.17, 15) is 9.59 Å². The van der Waals surface area contributed by atoms with E-state index in [1.165, 1.54) is 22.2 Å². The molecule has 7 nitrogen and oxygen atoms in total. The summed E-state index contributed by atoms with van der Waals surface area (Å²) in [6.45, 7) is 2.44. The lowest BCUT2D eigenvalue weighted by Crippen LogP contribution is -2.24. The number of thioether (sulfide) groups is 1. The second-order valence-electron chi connectivity index (χ2n) is 8.82. The minimum atomic E-state index is -0.212. The van der Waals surface area contributed by atoms with Crippen molar-refractivity contribution in [3.8, 4) is 5.75 Å². The van der Waals surface area contributed by atoms with E-state index in [0.29, 0.717) is 28.7 Å². The highest BCUT2D eigenvalue weighted by atomic mass is 32.2. The monoisotopic (exact) mass is 519 g/mol. The van der Waals surface area contributed by atoms with E-state index in [0.717, 1.165) is 52.3 Å². The Hall–Kier alpha value is -3.30. The number of amides is 1. The molecular formula is C27H25N3O4S2. The molecule has 0 fully saturated rings. The molecule has 2 aromatic carbocycles. The van der Waals surface area contributed by atoms with Crippen LogP contribution >= 0.6 is 23.1 Å². The van der Waals surface area contributed by atoms with E-state index in [4.69, 9.17) is 14.1 Å². The average Bonchev–Trinajstić information content (AvgIpc) is 3.44. The third-order valence-corrected chi connectivity index (χ3v) is 8.82. The van der Waals surface area contributed by atoms with Crippen molar-refractivity contribution in [3.05, 3.63) is 57.2 Å². The molecule has 3 aromatic heterocycles. The van der Waals surface area contributed by atoms with Gasteiger partial charge in [-0.15, -0.1) is 11.3 Å². The maximum Gasteiger partial charge on any atom is 0.263 e. The van der Waals surface area contributed by atoms with Crippen molar-refractivity contribution in [3.63, 3.8) is 0 Å². The van der Waals surface area contributed by atoms with Gasteiger partial charge in [-0.05, 0) is 50.3 Å². The Morgan fingerprint density at radius 1 is 1.19 bits per heavy atom. The number of anilines is 1. The molecular weight excluding hydrogens is 494 g/mol. The molecule has 0 saturated carbocycles. The Morgan fingerprint density at radius 2 is 2.03 bits per heavy atom. The van der Waals surface area contributed by atoms with Crippen molar-refractivity contribution in [2.24, 2.45) is 0 Å². The molecule has 0 unspecified atom stereocenters. The van der Waals surface area contributed by atoms with Gasteiger partial charge in [0.25, 0.3) is 5.56 Å². The second kappa shape index (κ2) is 9.29.